The first-order chi connectivity index (χ1) is 15.8. The van der Waals surface area contributed by atoms with Crippen molar-refractivity contribution in [1.82, 2.24) is 15.3 Å². The van der Waals surface area contributed by atoms with Gasteiger partial charge in [0.15, 0.2) is 0 Å². The molecule has 4 nitrogen and oxygen atoms in total. The molecule has 2 aromatic heterocycles. The van der Waals surface area contributed by atoms with Crippen molar-refractivity contribution in [3.05, 3.63) is 108 Å². The maximum atomic E-state index is 12.7. The van der Waals surface area contributed by atoms with Crippen LogP contribution in [0.15, 0.2) is 91.3 Å². The van der Waals surface area contributed by atoms with Crippen LogP contribution < -0.4 is 5.32 Å². The Kier molecular flexibility index (Phi) is 5.75. The van der Waals surface area contributed by atoms with Crippen molar-refractivity contribution >= 4 is 27.7 Å². The van der Waals surface area contributed by atoms with Crippen LogP contribution >= 0.6 is 0 Å². The maximum Gasteiger partial charge on any atom is 0.220 e. The Bertz CT molecular complexity index is 1330. The number of benzene rings is 3. The quantitative estimate of drug-likeness (QED) is 0.286. The molecule has 1 unspecified atom stereocenters. The van der Waals surface area contributed by atoms with Gasteiger partial charge in [-0.25, -0.2) is 0 Å². The van der Waals surface area contributed by atoms with Crippen molar-refractivity contribution in [3.63, 3.8) is 0 Å². The number of carbonyl (C=O) groups is 1. The molecule has 5 aromatic rings. The number of amides is 1. The number of nitrogens with one attached hydrogen (secondary N) is 3. The molecule has 0 aliphatic rings. The lowest BCUT2D eigenvalue weighted by atomic mass is 9.91. The molecule has 0 aliphatic carbocycles. The minimum atomic E-state index is 0.102. The van der Waals surface area contributed by atoms with E-state index in [0.29, 0.717) is 13.0 Å². The zero-order valence-electron chi connectivity index (χ0n) is 18.0. The standard InChI is InChI=1S/C28H27N3O/c32-28(16-8-11-21-17-29-26-14-6-4-12-22(21)26)31-18-24(20-9-2-1-3-10-20)25-19-30-27-15-7-5-13-23(25)27/h1-7,9-10,12-15,17,19,24,29-30H,8,11,16,18H2,(H,31,32). The lowest BCUT2D eigenvalue weighted by Gasteiger charge is -2.18. The van der Waals surface area contributed by atoms with Crippen molar-refractivity contribution in [2.24, 2.45) is 0 Å². The van der Waals surface area contributed by atoms with Crippen molar-refractivity contribution in [2.45, 2.75) is 25.2 Å². The van der Waals surface area contributed by atoms with E-state index in [2.05, 4.69) is 88.3 Å². The highest BCUT2D eigenvalue weighted by atomic mass is 16.1. The minimum Gasteiger partial charge on any atom is -0.361 e. The summed E-state index contributed by atoms with van der Waals surface area (Å²) in [5.74, 6) is 0.204. The predicted octanol–water partition coefficient (Wildman–Crippen LogP) is 5.92. The average molecular weight is 422 g/mol. The van der Waals surface area contributed by atoms with Crippen LogP contribution in [0.25, 0.3) is 21.8 Å². The smallest absolute Gasteiger partial charge is 0.220 e. The van der Waals surface area contributed by atoms with Crippen LogP contribution in [0, 0.1) is 0 Å². The van der Waals surface area contributed by atoms with Gasteiger partial charge in [0.05, 0.1) is 0 Å². The first-order valence-corrected chi connectivity index (χ1v) is 11.2. The Balaban J connectivity index is 1.25. The van der Waals surface area contributed by atoms with Gasteiger partial charge in [-0.15, -0.1) is 0 Å². The largest absolute Gasteiger partial charge is 0.361 e. The third-order valence-corrected chi connectivity index (χ3v) is 6.23. The third kappa shape index (κ3) is 4.17. The Hall–Kier alpha value is -3.79. The Morgan fingerprint density at radius 2 is 1.44 bits per heavy atom. The Labute approximate surface area is 187 Å². The monoisotopic (exact) mass is 421 g/mol. The van der Waals surface area contributed by atoms with Crippen LogP contribution in [-0.2, 0) is 11.2 Å². The highest BCUT2D eigenvalue weighted by Gasteiger charge is 2.19. The summed E-state index contributed by atoms with van der Waals surface area (Å²) in [4.78, 5) is 19.4. The molecule has 4 heteroatoms. The van der Waals surface area contributed by atoms with E-state index in [0.717, 1.165) is 23.9 Å². The van der Waals surface area contributed by atoms with E-state index in [-0.39, 0.29) is 11.8 Å². The van der Waals surface area contributed by atoms with Gasteiger partial charge in [0.25, 0.3) is 0 Å². The number of H-pyrrole nitrogens is 2. The maximum absolute atomic E-state index is 12.7. The second kappa shape index (κ2) is 9.15. The van der Waals surface area contributed by atoms with Crippen LogP contribution in [0.2, 0.25) is 0 Å². The van der Waals surface area contributed by atoms with Crippen LogP contribution in [0.3, 0.4) is 0 Å². The summed E-state index contributed by atoms with van der Waals surface area (Å²) in [6.45, 7) is 0.581. The summed E-state index contributed by atoms with van der Waals surface area (Å²) in [5, 5.41) is 5.64. The molecule has 0 bridgehead atoms. The molecule has 0 saturated heterocycles. The third-order valence-electron chi connectivity index (χ3n) is 6.23. The zero-order chi connectivity index (χ0) is 21.8. The molecule has 0 fully saturated rings. The van der Waals surface area contributed by atoms with E-state index in [4.69, 9.17) is 0 Å². The van der Waals surface area contributed by atoms with Crippen molar-refractivity contribution < 1.29 is 4.79 Å². The second-order valence-electron chi connectivity index (χ2n) is 8.27. The van der Waals surface area contributed by atoms with E-state index >= 15 is 0 Å². The fraction of sp³-hybridized carbons (Fsp3) is 0.179. The number of fused-ring (bicyclic) bond motifs is 2. The first-order valence-electron chi connectivity index (χ1n) is 11.2. The van der Waals surface area contributed by atoms with Crippen molar-refractivity contribution in [1.29, 1.82) is 0 Å². The predicted molar refractivity (Wildman–Crippen MR) is 131 cm³/mol. The second-order valence-corrected chi connectivity index (χ2v) is 8.27. The van der Waals surface area contributed by atoms with E-state index in [1.54, 1.807) is 0 Å². The lowest BCUT2D eigenvalue weighted by Crippen LogP contribution is -2.28. The summed E-state index contributed by atoms with van der Waals surface area (Å²) >= 11 is 0. The Morgan fingerprint density at radius 3 is 2.25 bits per heavy atom. The van der Waals surface area contributed by atoms with Crippen molar-refractivity contribution in [3.8, 4) is 0 Å². The van der Waals surface area contributed by atoms with Gasteiger partial charge in [-0.3, -0.25) is 4.79 Å². The highest BCUT2D eigenvalue weighted by Crippen LogP contribution is 2.30. The fourth-order valence-electron chi connectivity index (χ4n) is 4.56. The van der Waals surface area contributed by atoms with E-state index in [1.165, 1.54) is 27.5 Å². The molecule has 2 heterocycles. The van der Waals surface area contributed by atoms with Crippen LogP contribution in [0.5, 0.6) is 0 Å². The average Bonchev–Trinajstić information content (AvgIpc) is 3.45. The molecule has 0 aliphatic heterocycles. The molecule has 3 aromatic carbocycles. The van der Waals surface area contributed by atoms with Gasteiger partial charge < -0.3 is 15.3 Å². The van der Waals surface area contributed by atoms with Gasteiger partial charge in [-0.1, -0.05) is 66.7 Å². The molecular formula is C28H27N3O. The summed E-state index contributed by atoms with van der Waals surface area (Å²) < 4.78 is 0. The zero-order valence-corrected chi connectivity index (χ0v) is 18.0. The van der Waals surface area contributed by atoms with Crippen LogP contribution in [-0.4, -0.2) is 22.4 Å². The molecule has 160 valence electrons. The molecule has 5 rings (SSSR count). The topological polar surface area (TPSA) is 60.7 Å². The highest BCUT2D eigenvalue weighted by molar-refractivity contribution is 5.85. The number of aromatic amines is 2. The van der Waals surface area contributed by atoms with Crippen molar-refractivity contribution in [2.75, 3.05) is 6.54 Å². The number of hydrogen-bond donors (Lipinski definition) is 3. The number of aryl methyl sites for hydroxylation is 1. The Morgan fingerprint density at radius 1 is 0.781 bits per heavy atom. The normalized spacial score (nSPS) is 12.2. The van der Waals surface area contributed by atoms with Gasteiger partial charge in [-0.05, 0) is 41.7 Å². The molecule has 0 saturated carbocycles. The van der Waals surface area contributed by atoms with Gasteiger partial charge in [-0.2, -0.15) is 0 Å². The van der Waals surface area contributed by atoms with Gasteiger partial charge in [0.1, 0.15) is 0 Å². The van der Waals surface area contributed by atoms with E-state index in [9.17, 15) is 4.79 Å². The number of carbonyl (C=O) groups excluding carboxylic acids is 1. The number of para-hydroxylation sites is 2. The SMILES string of the molecule is O=C(CCCc1c[nH]c2ccccc12)NCC(c1ccccc1)c1c[nH]c2ccccc12. The fourth-order valence-corrected chi connectivity index (χ4v) is 4.56. The molecule has 1 atom stereocenters. The number of rotatable bonds is 8. The summed E-state index contributed by atoms with van der Waals surface area (Å²) in [7, 11) is 0. The van der Waals surface area contributed by atoms with Gasteiger partial charge >= 0.3 is 0 Å². The van der Waals surface area contributed by atoms with Crippen LogP contribution in [0.4, 0.5) is 0 Å². The summed E-state index contributed by atoms with van der Waals surface area (Å²) in [6, 6.07) is 27.0. The van der Waals surface area contributed by atoms with Gasteiger partial charge in [0, 0.05) is 53.1 Å². The van der Waals surface area contributed by atoms with E-state index in [1.807, 2.05) is 18.2 Å². The minimum absolute atomic E-state index is 0.102. The number of aromatic nitrogens is 2. The summed E-state index contributed by atoms with van der Waals surface area (Å²) in [5.41, 5.74) is 5.96. The summed E-state index contributed by atoms with van der Waals surface area (Å²) in [6.07, 6.45) is 6.38. The molecule has 3 N–H and O–H groups in total. The first kappa shape index (κ1) is 20.1. The van der Waals surface area contributed by atoms with Gasteiger partial charge in [0.2, 0.25) is 5.91 Å². The number of hydrogen-bond acceptors (Lipinski definition) is 1. The molecule has 32 heavy (non-hydrogen) atoms. The van der Waals surface area contributed by atoms with E-state index < -0.39 is 0 Å². The molecule has 0 spiro atoms. The molecule has 0 radical (unpaired) electrons. The molecule has 1 amide bonds. The van der Waals surface area contributed by atoms with Crippen LogP contribution in [0.1, 0.15) is 35.4 Å². The molecular weight excluding hydrogens is 394 g/mol. The lowest BCUT2D eigenvalue weighted by molar-refractivity contribution is -0.121.